The van der Waals surface area contributed by atoms with Crippen LogP contribution in [-0.4, -0.2) is 48.3 Å². The number of hydrogen-bond acceptors (Lipinski definition) is 8. The van der Waals surface area contributed by atoms with Crippen LogP contribution in [0.5, 0.6) is 11.6 Å². The number of piperidine rings is 1. The van der Waals surface area contributed by atoms with Gasteiger partial charge in [-0.2, -0.15) is 0 Å². The van der Waals surface area contributed by atoms with Crippen molar-refractivity contribution >= 4 is 21.7 Å². The minimum absolute atomic E-state index is 0.0211. The molecule has 36 heavy (non-hydrogen) atoms. The van der Waals surface area contributed by atoms with E-state index in [9.17, 15) is 8.42 Å². The lowest BCUT2D eigenvalue weighted by Gasteiger charge is -2.23. The summed E-state index contributed by atoms with van der Waals surface area (Å²) in [4.78, 5) is 13.3. The van der Waals surface area contributed by atoms with Gasteiger partial charge in [0, 0.05) is 31.0 Å². The van der Waals surface area contributed by atoms with Crippen LogP contribution in [0.3, 0.4) is 0 Å². The molecule has 1 aromatic carbocycles. The van der Waals surface area contributed by atoms with Gasteiger partial charge in [0.2, 0.25) is 21.9 Å². The summed E-state index contributed by atoms with van der Waals surface area (Å²) in [6.45, 7) is 5.41. The molecule has 3 heterocycles. The molecule has 0 bridgehead atoms. The van der Waals surface area contributed by atoms with Crippen LogP contribution in [0.4, 0.5) is 16.0 Å². The van der Waals surface area contributed by atoms with Gasteiger partial charge < -0.3 is 15.4 Å². The molecule has 0 spiro atoms. The van der Waals surface area contributed by atoms with Crippen LogP contribution in [0.1, 0.15) is 38.2 Å². The third-order valence-corrected chi connectivity index (χ3v) is 7.17. The van der Waals surface area contributed by atoms with E-state index in [2.05, 4.69) is 30.3 Å². The van der Waals surface area contributed by atoms with Crippen LogP contribution in [0.25, 0.3) is 11.3 Å². The minimum atomic E-state index is -3.55. The predicted octanol–water partition coefficient (Wildman–Crippen LogP) is 4.48. The molecule has 0 amide bonds. The van der Waals surface area contributed by atoms with Crippen molar-refractivity contribution in [3.63, 3.8) is 0 Å². The highest BCUT2D eigenvalue weighted by Gasteiger charge is 2.19. The molecule has 1 aliphatic heterocycles. The maximum Gasteiger partial charge on any atom is 0.232 e. The second-order valence-electron chi connectivity index (χ2n) is 8.79. The molecule has 0 saturated carbocycles. The van der Waals surface area contributed by atoms with Crippen LogP contribution < -0.4 is 20.1 Å². The van der Waals surface area contributed by atoms with E-state index in [0.29, 0.717) is 29.2 Å². The molecular formula is C25H31FN6O3S. The number of pyridine rings is 1. The second kappa shape index (κ2) is 11.6. The number of halogens is 1. The highest BCUT2D eigenvalue weighted by atomic mass is 32.2. The maximum atomic E-state index is 15.1. The summed E-state index contributed by atoms with van der Waals surface area (Å²) in [5.74, 6) is -0.0770. The van der Waals surface area contributed by atoms with E-state index in [4.69, 9.17) is 4.74 Å². The third-order valence-electron chi connectivity index (χ3n) is 5.80. The van der Waals surface area contributed by atoms with Gasteiger partial charge in [0.05, 0.1) is 22.7 Å². The van der Waals surface area contributed by atoms with Crippen LogP contribution in [0.2, 0.25) is 0 Å². The Hall–Kier alpha value is -3.31. The summed E-state index contributed by atoms with van der Waals surface area (Å²) >= 11 is 0. The monoisotopic (exact) mass is 514 g/mol. The van der Waals surface area contributed by atoms with Gasteiger partial charge in [-0.05, 0) is 62.6 Å². The average Bonchev–Trinajstić information content (AvgIpc) is 2.86. The summed E-state index contributed by atoms with van der Waals surface area (Å²) in [6.07, 6.45) is 6.60. The quantitative estimate of drug-likeness (QED) is 0.362. The van der Waals surface area contributed by atoms with Gasteiger partial charge >= 0.3 is 0 Å². The molecule has 192 valence electrons. The van der Waals surface area contributed by atoms with Gasteiger partial charge in [-0.3, -0.25) is 4.72 Å². The molecule has 0 radical (unpaired) electrons. The molecule has 1 fully saturated rings. The molecule has 4 rings (SSSR count). The minimum Gasteiger partial charge on any atom is -0.435 e. The van der Waals surface area contributed by atoms with Crippen LogP contribution in [0.15, 0.2) is 42.7 Å². The number of rotatable bonds is 10. The Morgan fingerprint density at radius 3 is 2.83 bits per heavy atom. The number of sulfonamides is 1. The molecule has 11 heteroatoms. The average molecular weight is 515 g/mol. The van der Waals surface area contributed by atoms with Gasteiger partial charge in [0.25, 0.3) is 0 Å². The van der Waals surface area contributed by atoms with Crippen molar-refractivity contribution in [2.24, 2.45) is 0 Å². The molecular weight excluding hydrogens is 483 g/mol. The summed E-state index contributed by atoms with van der Waals surface area (Å²) in [5.41, 5.74) is 1.73. The summed E-state index contributed by atoms with van der Waals surface area (Å²) in [6, 6.07) is 8.17. The molecule has 2 aromatic heterocycles. The van der Waals surface area contributed by atoms with Crippen molar-refractivity contribution in [1.29, 1.82) is 0 Å². The van der Waals surface area contributed by atoms with E-state index in [1.54, 1.807) is 37.5 Å². The summed E-state index contributed by atoms with van der Waals surface area (Å²) in [7, 11) is -3.55. The van der Waals surface area contributed by atoms with Gasteiger partial charge in [-0.25, -0.2) is 27.8 Å². The first-order chi connectivity index (χ1) is 17.3. The van der Waals surface area contributed by atoms with Crippen molar-refractivity contribution < 1.29 is 17.5 Å². The Kier molecular flexibility index (Phi) is 8.32. The Balaban J connectivity index is 1.56. The zero-order valence-electron chi connectivity index (χ0n) is 20.4. The Labute approximate surface area is 211 Å². The van der Waals surface area contributed by atoms with Crippen molar-refractivity contribution in [2.75, 3.05) is 28.9 Å². The number of aromatic nitrogens is 3. The molecule has 1 atom stereocenters. The first kappa shape index (κ1) is 25.8. The number of aryl methyl sites for hydroxylation is 1. The van der Waals surface area contributed by atoms with Crippen LogP contribution in [0, 0.1) is 12.7 Å². The fourth-order valence-electron chi connectivity index (χ4n) is 3.98. The van der Waals surface area contributed by atoms with Gasteiger partial charge in [0.15, 0.2) is 11.6 Å². The number of hydrogen-bond donors (Lipinski definition) is 3. The smallest absolute Gasteiger partial charge is 0.232 e. The fraction of sp³-hybridized carbons (Fsp3) is 0.400. The topological polar surface area (TPSA) is 118 Å². The normalized spacial score (nSPS) is 15.9. The largest absolute Gasteiger partial charge is 0.435 e. The third kappa shape index (κ3) is 6.67. The lowest BCUT2D eigenvalue weighted by molar-refractivity contribution is 0.426. The second-order valence-corrected chi connectivity index (χ2v) is 10.6. The molecule has 3 aromatic rings. The molecule has 1 unspecified atom stereocenters. The Morgan fingerprint density at radius 2 is 2.08 bits per heavy atom. The molecule has 1 aliphatic rings. The SMILES string of the molecule is CCCCS(=O)(=O)Nc1cc(C)c(Oc2ncccc2-c2ccnc(NC3CCCNC3)n2)c(F)c1. The van der Waals surface area contributed by atoms with E-state index in [1.165, 1.54) is 6.07 Å². The first-order valence-electron chi connectivity index (χ1n) is 12.1. The Morgan fingerprint density at radius 1 is 1.22 bits per heavy atom. The summed E-state index contributed by atoms with van der Waals surface area (Å²) in [5, 5.41) is 6.71. The van der Waals surface area contributed by atoms with Crippen LogP contribution >= 0.6 is 0 Å². The fourth-order valence-corrected chi connectivity index (χ4v) is 5.23. The highest BCUT2D eigenvalue weighted by Crippen LogP contribution is 2.35. The molecule has 1 saturated heterocycles. The standard InChI is InChI=1S/C25H31FN6O3S/c1-3-4-13-36(33,34)32-19-14-17(2)23(21(26)15-19)35-24-20(8-6-11-28-24)22-9-12-29-25(31-22)30-18-7-5-10-27-16-18/h6,8-9,11-12,14-15,18,27,32H,3-5,7,10,13,16H2,1-2H3,(H,29,30,31). The number of nitrogens with one attached hydrogen (secondary N) is 3. The number of nitrogens with zero attached hydrogens (tertiary/aromatic N) is 3. The maximum absolute atomic E-state index is 15.1. The van der Waals surface area contributed by atoms with E-state index < -0.39 is 15.8 Å². The van der Waals surface area contributed by atoms with Crippen molar-refractivity contribution in [1.82, 2.24) is 20.3 Å². The lowest BCUT2D eigenvalue weighted by Crippen LogP contribution is -2.38. The van der Waals surface area contributed by atoms with E-state index >= 15 is 4.39 Å². The predicted molar refractivity (Wildman–Crippen MR) is 138 cm³/mol. The number of benzene rings is 1. The zero-order chi connectivity index (χ0) is 25.5. The van der Waals surface area contributed by atoms with Gasteiger partial charge in [-0.1, -0.05) is 13.3 Å². The van der Waals surface area contributed by atoms with Crippen molar-refractivity contribution in [3.8, 4) is 22.9 Å². The number of anilines is 2. The number of ether oxygens (including phenoxy) is 1. The lowest BCUT2D eigenvalue weighted by atomic mass is 10.1. The molecule has 3 N–H and O–H groups in total. The zero-order valence-corrected chi connectivity index (χ0v) is 21.2. The van der Waals surface area contributed by atoms with E-state index in [-0.39, 0.29) is 29.1 Å². The number of unbranched alkanes of at least 4 members (excludes halogenated alkanes) is 1. The summed E-state index contributed by atoms with van der Waals surface area (Å²) < 4.78 is 47.8. The van der Waals surface area contributed by atoms with Crippen molar-refractivity contribution in [2.45, 2.75) is 45.6 Å². The van der Waals surface area contributed by atoms with Crippen LogP contribution in [-0.2, 0) is 10.0 Å². The van der Waals surface area contributed by atoms with E-state index in [1.807, 2.05) is 6.92 Å². The highest BCUT2D eigenvalue weighted by molar-refractivity contribution is 7.92. The Bertz CT molecular complexity index is 1280. The van der Waals surface area contributed by atoms with E-state index in [0.717, 1.165) is 38.4 Å². The molecule has 9 nitrogen and oxygen atoms in total. The van der Waals surface area contributed by atoms with Crippen molar-refractivity contribution in [3.05, 3.63) is 54.1 Å². The molecule has 0 aliphatic carbocycles. The van der Waals surface area contributed by atoms with Gasteiger partial charge in [0.1, 0.15) is 0 Å². The van der Waals surface area contributed by atoms with Gasteiger partial charge in [-0.15, -0.1) is 0 Å². The first-order valence-corrected chi connectivity index (χ1v) is 13.7.